The van der Waals surface area contributed by atoms with Crippen LogP contribution in [0.25, 0.3) is 0 Å². The van der Waals surface area contributed by atoms with Crippen LogP contribution >= 0.6 is 0 Å². The fourth-order valence-electron chi connectivity index (χ4n) is 0.740. The Morgan fingerprint density at radius 2 is 2.50 bits per heavy atom. The van der Waals surface area contributed by atoms with E-state index >= 15 is 0 Å². The van der Waals surface area contributed by atoms with Gasteiger partial charge in [-0.15, -0.1) is 5.92 Å². The van der Waals surface area contributed by atoms with Crippen LogP contribution in [-0.4, -0.2) is 9.66 Å². The van der Waals surface area contributed by atoms with Crippen LogP contribution in [-0.2, 0) is 0 Å². The highest BCUT2D eigenvalue weighted by Gasteiger charge is 1.82. The standard InChI is InChI=1S/C9H11N3/c1-3-4-9(2)7-11-12-6-5-10-8-12/h5-8,11H,1-2H3/b9-7+. The van der Waals surface area contributed by atoms with Crippen molar-refractivity contribution in [3.8, 4) is 11.8 Å². The molecule has 1 aromatic heterocycles. The van der Waals surface area contributed by atoms with Crippen molar-refractivity contribution < 1.29 is 0 Å². The van der Waals surface area contributed by atoms with E-state index in [-0.39, 0.29) is 0 Å². The first kappa shape index (κ1) is 8.41. The average Bonchev–Trinajstić information content (AvgIpc) is 2.53. The topological polar surface area (TPSA) is 29.9 Å². The van der Waals surface area contributed by atoms with Crippen molar-refractivity contribution in [3.63, 3.8) is 0 Å². The largest absolute Gasteiger partial charge is 0.300 e. The molecule has 0 atom stereocenters. The Morgan fingerprint density at radius 1 is 1.67 bits per heavy atom. The molecule has 0 radical (unpaired) electrons. The Morgan fingerprint density at radius 3 is 3.08 bits per heavy atom. The maximum absolute atomic E-state index is 3.88. The van der Waals surface area contributed by atoms with Crippen LogP contribution in [0.2, 0.25) is 0 Å². The summed E-state index contributed by atoms with van der Waals surface area (Å²) in [5.41, 5.74) is 3.99. The van der Waals surface area contributed by atoms with Crippen LogP contribution in [0.5, 0.6) is 0 Å². The molecular formula is C9H11N3. The molecule has 1 aromatic rings. The summed E-state index contributed by atoms with van der Waals surface area (Å²) in [5, 5.41) is 0. The number of nitrogens with zero attached hydrogens (tertiary/aromatic N) is 2. The van der Waals surface area contributed by atoms with Gasteiger partial charge in [-0.25, -0.2) is 4.98 Å². The van der Waals surface area contributed by atoms with Gasteiger partial charge in [-0.2, -0.15) is 0 Å². The number of hydrogen-bond acceptors (Lipinski definition) is 2. The van der Waals surface area contributed by atoms with Gasteiger partial charge in [0.15, 0.2) is 0 Å². The van der Waals surface area contributed by atoms with Crippen molar-refractivity contribution in [2.45, 2.75) is 13.8 Å². The number of allylic oxidation sites excluding steroid dienone is 1. The first-order chi connectivity index (χ1) is 5.83. The molecule has 3 heteroatoms. The second kappa shape index (κ2) is 4.24. The first-order valence-corrected chi connectivity index (χ1v) is 3.67. The zero-order valence-corrected chi connectivity index (χ0v) is 7.20. The van der Waals surface area contributed by atoms with E-state index in [1.54, 1.807) is 17.2 Å². The van der Waals surface area contributed by atoms with E-state index in [4.69, 9.17) is 0 Å². The van der Waals surface area contributed by atoms with Crippen molar-refractivity contribution in [3.05, 3.63) is 30.5 Å². The second-order valence-corrected chi connectivity index (χ2v) is 2.30. The fourth-order valence-corrected chi connectivity index (χ4v) is 0.740. The molecule has 0 aliphatic rings. The molecule has 3 nitrogen and oxygen atoms in total. The summed E-state index contributed by atoms with van der Waals surface area (Å²) in [5.74, 6) is 5.74. The van der Waals surface area contributed by atoms with Crippen LogP contribution in [0.1, 0.15) is 13.8 Å². The zero-order chi connectivity index (χ0) is 8.81. The van der Waals surface area contributed by atoms with Gasteiger partial charge in [-0.05, 0) is 13.8 Å². The SMILES string of the molecule is CC#C/C(C)=C/Nn1ccnc1. The minimum absolute atomic E-state index is 0.992. The monoisotopic (exact) mass is 161 g/mol. The van der Waals surface area contributed by atoms with Crippen LogP contribution < -0.4 is 5.43 Å². The summed E-state index contributed by atoms with van der Waals surface area (Å²) in [6.45, 7) is 3.76. The summed E-state index contributed by atoms with van der Waals surface area (Å²) in [6.07, 6.45) is 7.05. The zero-order valence-electron chi connectivity index (χ0n) is 7.20. The number of hydrogen-bond donors (Lipinski definition) is 1. The van der Waals surface area contributed by atoms with Gasteiger partial charge in [0.2, 0.25) is 0 Å². The van der Waals surface area contributed by atoms with Crippen molar-refractivity contribution in [2.24, 2.45) is 0 Å². The highest BCUT2D eigenvalue weighted by atomic mass is 15.4. The molecule has 0 fully saturated rings. The molecule has 0 bridgehead atoms. The van der Waals surface area contributed by atoms with E-state index in [1.165, 1.54) is 0 Å². The van der Waals surface area contributed by atoms with Gasteiger partial charge >= 0.3 is 0 Å². The summed E-state index contributed by atoms with van der Waals surface area (Å²) in [6, 6.07) is 0. The second-order valence-electron chi connectivity index (χ2n) is 2.30. The van der Waals surface area contributed by atoms with Crippen molar-refractivity contribution >= 4 is 0 Å². The number of imidazole rings is 1. The van der Waals surface area contributed by atoms with Crippen LogP contribution in [0.4, 0.5) is 0 Å². The van der Waals surface area contributed by atoms with Crippen molar-refractivity contribution in [2.75, 3.05) is 5.43 Å². The highest BCUT2D eigenvalue weighted by Crippen LogP contribution is 1.87. The highest BCUT2D eigenvalue weighted by molar-refractivity contribution is 5.26. The van der Waals surface area contributed by atoms with E-state index in [1.807, 2.05) is 26.2 Å². The van der Waals surface area contributed by atoms with E-state index in [0.717, 1.165) is 5.57 Å². The lowest BCUT2D eigenvalue weighted by atomic mass is 10.3. The Bertz CT molecular complexity index is 311. The Kier molecular flexibility index (Phi) is 2.97. The molecule has 1 N–H and O–H groups in total. The molecule has 0 saturated carbocycles. The number of rotatable bonds is 2. The number of aromatic nitrogens is 2. The number of nitrogens with one attached hydrogen (secondary N) is 1. The summed E-state index contributed by atoms with van der Waals surface area (Å²) in [4.78, 5) is 3.88. The van der Waals surface area contributed by atoms with E-state index in [0.29, 0.717) is 0 Å². The van der Waals surface area contributed by atoms with Crippen LogP contribution in [0.15, 0.2) is 30.5 Å². The van der Waals surface area contributed by atoms with Crippen LogP contribution in [0, 0.1) is 11.8 Å². The fraction of sp³-hybridized carbons (Fsp3) is 0.222. The van der Waals surface area contributed by atoms with Gasteiger partial charge in [0.25, 0.3) is 0 Å². The lowest BCUT2D eigenvalue weighted by Gasteiger charge is -1.98. The van der Waals surface area contributed by atoms with E-state index in [9.17, 15) is 0 Å². The van der Waals surface area contributed by atoms with E-state index < -0.39 is 0 Å². The molecule has 1 rings (SSSR count). The Hall–Kier alpha value is -1.69. The van der Waals surface area contributed by atoms with Gasteiger partial charge in [-0.3, -0.25) is 10.1 Å². The van der Waals surface area contributed by atoms with Crippen molar-refractivity contribution in [1.82, 2.24) is 9.66 Å². The Labute approximate surface area is 72.1 Å². The Balaban J connectivity index is 2.53. The summed E-state index contributed by atoms with van der Waals surface area (Å²) >= 11 is 0. The van der Waals surface area contributed by atoms with Gasteiger partial charge in [0.1, 0.15) is 6.33 Å². The predicted molar refractivity (Wildman–Crippen MR) is 48.8 cm³/mol. The summed E-state index contributed by atoms with van der Waals surface area (Å²) < 4.78 is 1.75. The van der Waals surface area contributed by atoms with Crippen LogP contribution in [0.3, 0.4) is 0 Å². The molecular weight excluding hydrogens is 150 g/mol. The molecule has 0 saturated heterocycles. The minimum Gasteiger partial charge on any atom is -0.300 e. The molecule has 0 unspecified atom stereocenters. The van der Waals surface area contributed by atoms with Crippen molar-refractivity contribution in [1.29, 1.82) is 0 Å². The normalized spacial score (nSPS) is 10.3. The third kappa shape index (κ3) is 2.51. The molecule has 12 heavy (non-hydrogen) atoms. The first-order valence-electron chi connectivity index (χ1n) is 3.67. The van der Waals surface area contributed by atoms with Gasteiger partial charge in [0.05, 0.1) is 0 Å². The van der Waals surface area contributed by atoms with Gasteiger partial charge in [0, 0.05) is 24.2 Å². The summed E-state index contributed by atoms with van der Waals surface area (Å²) in [7, 11) is 0. The predicted octanol–water partition coefficient (Wildman–Crippen LogP) is 1.35. The smallest absolute Gasteiger partial charge is 0.114 e. The molecule has 0 amide bonds. The molecule has 0 spiro atoms. The minimum atomic E-state index is 0.992. The molecule has 0 aromatic carbocycles. The molecule has 0 aliphatic carbocycles. The molecule has 1 heterocycles. The van der Waals surface area contributed by atoms with E-state index in [2.05, 4.69) is 22.3 Å². The van der Waals surface area contributed by atoms with Gasteiger partial charge in [-0.1, -0.05) is 5.92 Å². The molecule has 62 valence electrons. The quantitative estimate of drug-likeness (QED) is 0.663. The third-order valence-electron chi connectivity index (χ3n) is 1.26. The molecule has 0 aliphatic heterocycles. The maximum atomic E-state index is 3.88. The maximum Gasteiger partial charge on any atom is 0.114 e. The van der Waals surface area contributed by atoms with Gasteiger partial charge < -0.3 is 0 Å². The average molecular weight is 161 g/mol. The lowest BCUT2D eigenvalue weighted by Crippen LogP contribution is -2.04. The third-order valence-corrected chi connectivity index (χ3v) is 1.26. The lowest BCUT2D eigenvalue weighted by molar-refractivity contribution is 0.947.